The first-order chi connectivity index (χ1) is 5.83. The summed E-state index contributed by atoms with van der Waals surface area (Å²) < 4.78 is 22.9. The predicted octanol–water partition coefficient (Wildman–Crippen LogP) is -9.55. The molecule has 15 heavy (non-hydrogen) atoms. The lowest BCUT2D eigenvalue weighted by atomic mass is 10.1. The number of likely N-dealkylation sites (N-methyl/N-ethyl adjacent to an activating group) is 2. The van der Waals surface area contributed by atoms with Gasteiger partial charge in [0.05, 0.1) is 28.2 Å². The number of quaternary nitrogens is 2. The van der Waals surface area contributed by atoms with Gasteiger partial charge in [0.15, 0.2) is 21.9 Å². The summed E-state index contributed by atoms with van der Waals surface area (Å²) in [5.74, 6) is 0.705. The number of halogens is 2. The van der Waals surface area contributed by atoms with E-state index in [1.165, 1.54) is 9.80 Å². The molecule has 0 bridgehead atoms. The summed E-state index contributed by atoms with van der Waals surface area (Å²) in [5.41, 5.74) is 0. The largest absolute Gasteiger partial charge is 1.00 e. The number of hydrogen-bond donors (Lipinski definition) is 2. The highest BCUT2D eigenvalue weighted by Gasteiger charge is 2.45. The second-order valence-electron chi connectivity index (χ2n) is 4.44. The van der Waals surface area contributed by atoms with Crippen LogP contribution in [-0.2, 0) is 9.84 Å². The Morgan fingerprint density at radius 3 is 1.33 bits per heavy atom. The molecule has 0 spiro atoms. The maximum absolute atomic E-state index is 11.4. The minimum Gasteiger partial charge on any atom is -1.00 e. The van der Waals surface area contributed by atoms with Crippen LogP contribution in [0, 0.1) is 0 Å². The second-order valence-corrected chi connectivity index (χ2v) is 6.60. The van der Waals surface area contributed by atoms with Gasteiger partial charge in [0.1, 0.15) is 11.5 Å². The summed E-state index contributed by atoms with van der Waals surface area (Å²) in [7, 11) is 5.34. The highest BCUT2D eigenvalue weighted by molar-refractivity contribution is 7.91. The van der Waals surface area contributed by atoms with Crippen molar-refractivity contribution in [3.8, 4) is 0 Å². The molecule has 0 aliphatic carbocycles. The van der Waals surface area contributed by atoms with E-state index < -0.39 is 9.84 Å². The van der Waals surface area contributed by atoms with Crippen molar-refractivity contribution in [2.75, 3.05) is 39.7 Å². The van der Waals surface area contributed by atoms with Crippen LogP contribution in [0.5, 0.6) is 0 Å². The van der Waals surface area contributed by atoms with Crippen molar-refractivity contribution in [3.63, 3.8) is 0 Å². The van der Waals surface area contributed by atoms with Gasteiger partial charge in [0.2, 0.25) is 0 Å². The van der Waals surface area contributed by atoms with E-state index in [9.17, 15) is 8.42 Å². The maximum atomic E-state index is 11.4. The Hall–Kier alpha value is 0.450. The van der Waals surface area contributed by atoms with E-state index in [1.54, 1.807) is 0 Å². The van der Waals surface area contributed by atoms with Gasteiger partial charge < -0.3 is 34.6 Å². The topological polar surface area (TPSA) is 43.0 Å². The molecule has 0 aromatic carbocycles. The van der Waals surface area contributed by atoms with Crippen LogP contribution in [0.15, 0.2) is 0 Å². The Morgan fingerprint density at radius 2 is 1.13 bits per heavy atom. The minimum absolute atomic E-state index is 0. The molecule has 2 atom stereocenters. The summed E-state index contributed by atoms with van der Waals surface area (Å²) in [4.78, 5) is 2.49. The van der Waals surface area contributed by atoms with E-state index in [4.69, 9.17) is 0 Å². The van der Waals surface area contributed by atoms with Crippen molar-refractivity contribution in [3.05, 3.63) is 0 Å². The number of rotatable bonds is 2. The van der Waals surface area contributed by atoms with Gasteiger partial charge in [-0.2, -0.15) is 0 Å². The Balaban J connectivity index is 0. The van der Waals surface area contributed by atoms with Crippen molar-refractivity contribution in [1.29, 1.82) is 0 Å². The molecule has 7 heteroatoms. The van der Waals surface area contributed by atoms with Crippen LogP contribution in [0.1, 0.15) is 0 Å². The van der Waals surface area contributed by atoms with Gasteiger partial charge in [-0.15, -0.1) is 0 Å². The molecule has 94 valence electrons. The number of hydrogen-bond acceptors (Lipinski definition) is 2. The second kappa shape index (κ2) is 6.25. The average molecular weight is 279 g/mol. The first-order valence-corrected chi connectivity index (χ1v) is 6.46. The molecule has 1 aliphatic rings. The lowest BCUT2D eigenvalue weighted by Gasteiger charge is -2.24. The van der Waals surface area contributed by atoms with Gasteiger partial charge in [0, 0.05) is 0 Å². The molecule has 2 N–H and O–H groups in total. The molecule has 0 amide bonds. The van der Waals surface area contributed by atoms with Gasteiger partial charge in [-0.25, -0.2) is 8.42 Å². The molecular formula is C8H20Cl2N2O2S. The van der Waals surface area contributed by atoms with Crippen LogP contribution in [0.4, 0.5) is 0 Å². The fourth-order valence-electron chi connectivity index (χ4n) is 1.99. The fraction of sp³-hybridized carbons (Fsp3) is 1.00. The van der Waals surface area contributed by atoms with Gasteiger partial charge in [-0.05, 0) is 0 Å². The average Bonchev–Trinajstić information content (AvgIpc) is 2.26. The van der Waals surface area contributed by atoms with E-state index in [2.05, 4.69) is 0 Å². The molecular weight excluding hydrogens is 259 g/mol. The normalized spacial score (nSPS) is 28.7. The summed E-state index contributed by atoms with van der Waals surface area (Å²) in [5, 5.41) is 0. The molecule has 1 fully saturated rings. The van der Waals surface area contributed by atoms with Crippen molar-refractivity contribution >= 4 is 9.84 Å². The molecule has 0 aromatic rings. The lowest BCUT2D eigenvalue weighted by Crippen LogP contribution is -3.21. The first-order valence-electron chi connectivity index (χ1n) is 4.64. The van der Waals surface area contributed by atoms with Crippen LogP contribution in [0.3, 0.4) is 0 Å². The van der Waals surface area contributed by atoms with Crippen LogP contribution < -0.4 is 34.6 Å². The van der Waals surface area contributed by atoms with Gasteiger partial charge in [0.25, 0.3) is 0 Å². The zero-order chi connectivity index (χ0) is 10.2. The van der Waals surface area contributed by atoms with Crippen molar-refractivity contribution < 1.29 is 43.0 Å². The monoisotopic (exact) mass is 278 g/mol. The van der Waals surface area contributed by atoms with Crippen molar-refractivity contribution in [2.45, 2.75) is 12.1 Å². The first kappa shape index (κ1) is 17.8. The molecule has 4 nitrogen and oxygen atoms in total. The van der Waals surface area contributed by atoms with E-state index >= 15 is 0 Å². The van der Waals surface area contributed by atoms with Crippen molar-refractivity contribution in [1.82, 2.24) is 0 Å². The minimum atomic E-state index is -2.78. The van der Waals surface area contributed by atoms with Crippen LogP contribution in [-0.4, -0.2) is 60.2 Å². The summed E-state index contributed by atoms with van der Waals surface area (Å²) in [6.07, 6.45) is 0. The number of sulfone groups is 1. The maximum Gasteiger partial charge on any atom is 0.162 e. The molecule has 1 aliphatic heterocycles. The molecule has 2 unspecified atom stereocenters. The van der Waals surface area contributed by atoms with E-state index in [0.717, 1.165) is 0 Å². The smallest absolute Gasteiger partial charge is 0.162 e. The summed E-state index contributed by atoms with van der Waals surface area (Å²) in [6.45, 7) is 0. The summed E-state index contributed by atoms with van der Waals surface area (Å²) in [6, 6.07) is 0.519. The zero-order valence-electron chi connectivity index (χ0n) is 9.55. The van der Waals surface area contributed by atoms with E-state index in [0.29, 0.717) is 11.5 Å². The summed E-state index contributed by atoms with van der Waals surface area (Å²) >= 11 is 0. The standard InChI is InChI=1S/C8H18N2O2S.2ClH/c1-9(2)7-5-13(11,12)6-8(7)10(3)4;;/h7-8H,5-6H2,1-4H3;2*1H. The molecule has 0 saturated carbocycles. The van der Waals surface area contributed by atoms with Crippen LogP contribution >= 0.6 is 0 Å². The SMILES string of the molecule is C[NH+](C)C1CS(=O)(=O)CC1[NH+](C)C.[Cl-].[Cl-]. The van der Waals surface area contributed by atoms with Gasteiger partial charge >= 0.3 is 0 Å². The molecule has 1 rings (SSSR count). The third-order valence-corrected chi connectivity index (χ3v) is 4.57. The number of nitrogens with one attached hydrogen (secondary N) is 2. The quantitative estimate of drug-likeness (QED) is 0.527. The Labute approximate surface area is 105 Å². The highest BCUT2D eigenvalue weighted by Crippen LogP contribution is 2.07. The molecule has 1 heterocycles. The van der Waals surface area contributed by atoms with Gasteiger partial charge in [-0.3, -0.25) is 0 Å². The molecule has 0 aromatic heterocycles. The predicted molar refractivity (Wildman–Crippen MR) is 51.9 cm³/mol. The third kappa shape index (κ3) is 4.44. The lowest BCUT2D eigenvalue weighted by molar-refractivity contribution is -0.953. The Bertz CT molecular complexity index is 258. The molecule has 0 radical (unpaired) electrons. The Kier molecular flexibility index (Phi) is 7.43. The molecule has 1 saturated heterocycles. The zero-order valence-corrected chi connectivity index (χ0v) is 11.9. The van der Waals surface area contributed by atoms with Crippen molar-refractivity contribution in [2.24, 2.45) is 0 Å². The highest BCUT2D eigenvalue weighted by atomic mass is 35.5. The van der Waals surface area contributed by atoms with E-state index in [1.807, 2.05) is 28.2 Å². The van der Waals surface area contributed by atoms with Crippen LogP contribution in [0.2, 0.25) is 0 Å². The fourth-order valence-corrected chi connectivity index (χ4v) is 4.35. The van der Waals surface area contributed by atoms with E-state index in [-0.39, 0.29) is 36.9 Å². The Morgan fingerprint density at radius 1 is 0.867 bits per heavy atom. The third-order valence-electron chi connectivity index (χ3n) is 2.84. The van der Waals surface area contributed by atoms with Crippen LogP contribution in [0.25, 0.3) is 0 Å². The van der Waals surface area contributed by atoms with Gasteiger partial charge in [-0.1, -0.05) is 0 Å².